The third-order valence-electron chi connectivity index (χ3n) is 1.22. The summed E-state index contributed by atoms with van der Waals surface area (Å²) >= 11 is 5.73. The Hall–Kier alpha value is -1.27. The van der Waals surface area contributed by atoms with Crippen LogP contribution in [0.15, 0.2) is 12.3 Å². The standard InChI is InChI=1S/C8H7ClN2O/c1-3-12-8-4-6(9)7(10-2)5-11-8/h4-5H,3H2,1H3. The number of aromatic nitrogens is 1. The van der Waals surface area contributed by atoms with Gasteiger partial charge in [0.15, 0.2) is 0 Å². The molecule has 1 rings (SSSR count). The third kappa shape index (κ3) is 1.86. The van der Waals surface area contributed by atoms with E-state index in [1.165, 1.54) is 6.20 Å². The Labute approximate surface area is 75.8 Å². The van der Waals surface area contributed by atoms with Crippen LogP contribution in [0.25, 0.3) is 4.85 Å². The average Bonchev–Trinajstić information content (AvgIpc) is 2.05. The van der Waals surface area contributed by atoms with Crippen molar-refractivity contribution in [1.29, 1.82) is 0 Å². The summed E-state index contributed by atoms with van der Waals surface area (Å²) in [6, 6.07) is 1.54. The molecule has 0 spiro atoms. The maximum absolute atomic E-state index is 6.72. The minimum Gasteiger partial charge on any atom is -0.478 e. The van der Waals surface area contributed by atoms with E-state index in [2.05, 4.69) is 9.83 Å². The van der Waals surface area contributed by atoms with Gasteiger partial charge in [-0.15, -0.1) is 0 Å². The summed E-state index contributed by atoms with van der Waals surface area (Å²) in [5.74, 6) is 0.454. The Bertz CT molecular complexity index is 319. The van der Waals surface area contributed by atoms with Crippen molar-refractivity contribution in [3.8, 4) is 5.88 Å². The van der Waals surface area contributed by atoms with Gasteiger partial charge in [0.1, 0.15) is 0 Å². The zero-order valence-corrected chi connectivity index (χ0v) is 7.30. The van der Waals surface area contributed by atoms with Crippen molar-refractivity contribution >= 4 is 17.3 Å². The van der Waals surface area contributed by atoms with Crippen molar-refractivity contribution in [1.82, 2.24) is 4.98 Å². The second-order valence-corrected chi connectivity index (χ2v) is 2.43. The summed E-state index contributed by atoms with van der Waals surface area (Å²) in [5.41, 5.74) is 0.347. The summed E-state index contributed by atoms with van der Waals surface area (Å²) in [4.78, 5) is 7.05. The topological polar surface area (TPSA) is 26.5 Å². The molecule has 12 heavy (non-hydrogen) atoms. The molecule has 4 heteroatoms. The lowest BCUT2D eigenvalue weighted by atomic mass is 10.4. The third-order valence-corrected chi connectivity index (χ3v) is 1.52. The van der Waals surface area contributed by atoms with E-state index in [4.69, 9.17) is 22.9 Å². The Morgan fingerprint density at radius 1 is 1.75 bits per heavy atom. The van der Waals surface area contributed by atoms with E-state index in [0.717, 1.165) is 0 Å². The highest BCUT2D eigenvalue weighted by Crippen LogP contribution is 2.26. The number of rotatable bonds is 2. The van der Waals surface area contributed by atoms with Crippen molar-refractivity contribution in [3.63, 3.8) is 0 Å². The number of nitrogens with zero attached hydrogens (tertiary/aromatic N) is 2. The van der Waals surface area contributed by atoms with E-state index in [9.17, 15) is 0 Å². The van der Waals surface area contributed by atoms with Gasteiger partial charge in [-0.25, -0.2) is 9.83 Å². The molecule has 0 N–H and O–H groups in total. The van der Waals surface area contributed by atoms with Crippen LogP contribution in [-0.4, -0.2) is 11.6 Å². The first kappa shape index (κ1) is 8.82. The van der Waals surface area contributed by atoms with Crippen LogP contribution in [0.1, 0.15) is 6.92 Å². The predicted molar refractivity (Wildman–Crippen MR) is 46.7 cm³/mol. The van der Waals surface area contributed by atoms with E-state index in [0.29, 0.717) is 23.2 Å². The molecule has 0 bridgehead atoms. The van der Waals surface area contributed by atoms with Crippen LogP contribution < -0.4 is 4.74 Å². The van der Waals surface area contributed by atoms with Crippen LogP contribution in [0.2, 0.25) is 5.02 Å². The fourth-order valence-electron chi connectivity index (χ4n) is 0.715. The lowest BCUT2D eigenvalue weighted by Gasteiger charge is -2.01. The van der Waals surface area contributed by atoms with Crippen LogP contribution in [-0.2, 0) is 0 Å². The smallest absolute Gasteiger partial charge is 0.223 e. The highest BCUT2D eigenvalue weighted by atomic mass is 35.5. The molecule has 1 aromatic heterocycles. The SMILES string of the molecule is [C-]#[N+]c1cnc(OCC)cc1Cl. The van der Waals surface area contributed by atoms with Crippen LogP contribution in [0.5, 0.6) is 5.88 Å². The van der Waals surface area contributed by atoms with Gasteiger partial charge in [-0.05, 0) is 6.92 Å². The second kappa shape index (κ2) is 3.93. The molecule has 0 aromatic carbocycles. The average molecular weight is 183 g/mol. The molecule has 1 heterocycles. The highest BCUT2D eigenvalue weighted by Gasteiger charge is 2.01. The predicted octanol–water partition coefficient (Wildman–Crippen LogP) is 2.68. The first-order chi connectivity index (χ1) is 5.77. The largest absolute Gasteiger partial charge is 0.478 e. The van der Waals surface area contributed by atoms with E-state index < -0.39 is 0 Å². The van der Waals surface area contributed by atoms with Gasteiger partial charge in [0, 0.05) is 12.3 Å². The van der Waals surface area contributed by atoms with E-state index in [1.807, 2.05) is 6.92 Å². The molecular weight excluding hydrogens is 176 g/mol. The first-order valence-corrected chi connectivity index (χ1v) is 3.81. The zero-order chi connectivity index (χ0) is 8.97. The Kier molecular flexibility index (Phi) is 2.89. The maximum Gasteiger partial charge on any atom is 0.223 e. The van der Waals surface area contributed by atoms with Gasteiger partial charge in [0.25, 0.3) is 0 Å². The van der Waals surface area contributed by atoms with Crippen LogP contribution in [0.3, 0.4) is 0 Å². The molecule has 0 aliphatic rings. The molecule has 3 nitrogen and oxygen atoms in total. The minimum atomic E-state index is 0.347. The maximum atomic E-state index is 6.72. The molecule has 0 fully saturated rings. The monoisotopic (exact) mass is 182 g/mol. The van der Waals surface area contributed by atoms with Gasteiger partial charge < -0.3 is 4.74 Å². The van der Waals surface area contributed by atoms with E-state index >= 15 is 0 Å². The Morgan fingerprint density at radius 3 is 3.00 bits per heavy atom. The number of hydrogen-bond donors (Lipinski definition) is 0. The molecule has 0 aliphatic carbocycles. The fraction of sp³-hybridized carbons (Fsp3) is 0.250. The van der Waals surface area contributed by atoms with Crippen LogP contribution >= 0.6 is 11.6 Å². The van der Waals surface area contributed by atoms with E-state index in [-0.39, 0.29) is 0 Å². The zero-order valence-electron chi connectivity index (χ0n) is 6.54. The summed E-state index contributed by atoms with van der Waals surface area (Å²) in [5, 5.41) is 0.378. The van der Waals surface area contributed by atoms with Gasteiger partial charge in [-0.2, -0.15) is 0 Å². The molecule has 0 radical (unpaired) electrons. The van der Waals surface area contributed by atoms with E-state index in [1.54, 1.807) is 6.07 Å². The molecule has 0 saturated carbocycles. The fourth-order valence-corrected chi connectivity index (χ4v) is 0.900. The van der Waals surface area contributed by atoms with Crippen molar-refractivity contribution in [3.05, 3.63) is 28.7 Å². The molecule has 1 aromatic rings. The molecule has 0 aliphatic heterocycles. The summed E-state index contributed by atoms with van der Waals surface area (Å²) < 4.78 is 5.09. The summed E-state index contributed by atoms with van der Waals surface area (Å²) in [6.45, 7) is 9.12. The molecule has 0 amide bonds. The van der Waals surface area contributed by atoms with Crippen LogP contribution in [0.4, 0.5) is 5.69 Å². The van der Waals surface area contributed by atoms with Gasteiger partial charge >= 0.3 is 0 Å². The lowest BCUT2D eigenvalue weighted by Crippen LogP contribution is -1.93. The number of hydrogen-bond acceptors (Lipinski definition) is 2. The van der Waals surface area contributed by atoms with Gasteiger partial charge in [-0.1, -0.05) is 11.6 Å². The van der Waals surface area contributed by atoms with Crippen molar-refractivity contribution in [2.24, 2.45) is 0 Å². The summed E-state index contributed by atoms with van der Waals surface area (Å²) in [7, 11) is 0. The molecule has 62 valence electrons. The number of ether oxygens (including phenoxy) is 1. The Morgan fingerprint density at radius 2 is 2.50 bits per heavy atom. The lowest BCUT2D eigenvalue weighted by molar-refractivity contribution is 0.327. The normalized spacial score (nSPS) is 9.08. The van der Waals surface area contributed by atoms with Crippen LogP contribution in [0, 0.1) is 6.57 Å². The van der Waals surface area contributed by atoms with Crippen molar-refractivity contribution in [2.45, 2.75) is 6.92 Å². The van der Waals surface area contributed by atoms with Crippen molar-refractivity contribution < 1.29 is 4.74 Å². The molecule has 0 atom stereocenters. The quantitative estimate of drug-likeness (QED) is 0.658. The minimum absolute atomic E-state index is 0.347. The first-order valence-electron chi connectivity index (χ1n) is 3.43. The van der Waals surface area contributed by atoms with Gasteiger partial charge in [0.05, 0.1) is 18.2 Å². The number of pyridine rings is 1. The second-order valence-electron chi connectivity index (χ2n) is 2.02. The molecule has 0 unspecified atom stereocenters. The molecular formula is C8H7ClN2O. The number of halogens is 1. The highest BCUT2D eigenvalue weighted by molar-refractivity contribution is 6.33. The molecule has 0 saturated heterocycles. The van der Waals surface area contributed by atoms with Gasteiger partial charge in [0.2, 0.25) is 11.6 Å². The van der Waals surface area contributed by atoms with Gasteiger partial charge in [-0.3, -0.25) is 0 Å². The Balaban J connectivity index is 2.96. The van der Waals surface area contributed by atoms with Crippen molar-refractivity contribution in [2.75, 3.05) is 6.61 Å². The summed E-state index contributed by atoms with van der Waals surface area (Å²) in [6.07, 6.45) is 1.40.